The van der Waals surface area contributed by atoms with Crippen molar-refractivity contribution in [3.8, 4) is 11.5 Å². The molecule has 0 spiro atoms. The van der Waals surface area contributed by atoms with Gasteiger partial charge in [0.25, 0.3) is 5.89 Å². The third kappa shape index (κ3) is 3.87. The quantitative estimate of drug-likeness (QED) is 0.822. The Bertz CT molecular complexity index is 847. The lowest BCUT2D eigenvalue weighted by Crippen LogP contribution is -2.28. The lowest BCUT2D eigenvalue weighted by atomic mass is 10.2. The predicted molar refractivity (Wildman–Crippen MR) is 95.0 cm³/mol. The molecule has 2 heterocycles. The number of hydrogen-bond acceptors (Lipinski definition) is 6. The molecular weight excluding hydrogens is 364 g/mol. The van der Waals surface area contributed by atoms with Crippen molar-refractivity contribution in [3.05, 3.63) is 29.0 Å². The summed E-state index contributed by atoms with van der Waals surface area (Å²) in [6.07, 6.45) is 2.35. The number of likely N-dealkylation sites (N-methyl/N-ethyl adjacent to an activating group) is 1. The topological polar surface area (TPSA) is 88.3 Å². The number of hydrogen-bond donors (Lipinski definition) is 1. The summed E-state index contributed by atoms with van der Waals surface area (Å²) in [4.78, 5) is 4.43. The molecule has 1 aliphatic rings. The van der Waals surface area contributed by atoms with Crippen LogP contribution < -0.4 is 5.32 Å². The first-order valence-electron chi connectivity index (χ1n) is 8.21. The van der Waals surface area contributed by atoms with Gasteiger partial charge in [-0.2, -0.15) is 9.29 Å². The first-order valence-corrected chi connectivity index (χ1v) is 10.0. The predicted octanol–water partition coefficient (Wildman–Crippen LogP) is 2.32. The summed E-state index contributed by atoms with van der Waals surface area (Å²) < 4.78 is 32.3. The van der Waals surface area contributed by atoms with Gasteiger partial charge in [0.15, 0.2) is 5.82 Å². The van der Waals surface area contributed by atoms with Gasteiger partial charge < -0.3 is 9.84 Å². The second-order valence-electron chi connectivity index (χ2n) is 6.17. The number of nitrogens with zero attached hydrogens (tertiary/aromatic N) is 3. The second kappa shape index (κ2) is 7.41. The molecule has 0 amide bonds. The van der Waals surface area contributed by atoms with Crippen LogP contribution in [-0.4, -0.2) is 49.0 Å². The molecule has 0 radical (unpaired) electrons. The SMILES string of the molecule is CNC(C)Cc1noc(-c2ccc(Cl)c(S(=O)(=O)N3CCCC3)c2)n1. The Balaban J connectivity index is 1.92. The minimum atomic E-state index is -3.61. The zero-order chi connectivity index (χ0) is 18.0. The highest BCUT2D eigenvalue weighted by molar-refractivity contribution is 7.89. The summed E-state index contributed by atoms with van der Waals surface area (Å²) in [5.74, 6) is 0.851. The van der Waals surface area contributed by atoms with Crippen molar-refractivity contribution in [3.63, 3.8) is 0 Å². The van der Waals surface area contributed by atoms with Gasteiger partial charge in [0.1, 0.15) is 4.90 Å². The lowest BCUT2D eigenvalue weighted by Gasteiger charge is -2.16. The molecule has 0 bridgehead atoms. The molecule has 2 aromatic rings. The zero-order valence-electron chi connectivity index (χ0n) is 14.2. The number of sulfonamides is 1. The van der Waals surface area contributed by atoms with Crippen molar-refractivity contribution >= 4 is 21.6 Å². The van der Waals surface area contributed by atoms with Gasteiger partial charge in [-0.25, -0.2) is 8.42 Å². The molecule has 1 aromatic heterocycles. The summed E-state index contributed by atoms with van der Waals surface area (Å²) in [7, 11) is -1.75. The van der Waals surface area contributed by atoms with Gasteiger partial charge in [0, 0.05) is 31.1 Å². The molecule has 9 heteroatoms. The highest BCUT2D eigenvalue weighted by Gasteiger charge is 2.29. The fourth-order valence-corrected chi connectivity index (χ4v) is 4.75. The second-order valence-corrected chi connectivity index (χ2v) is 8.48. The first kappa shape index (κ1) is 18.3. The minimum Gasteiger partial charge on any atom is -0.334 e. The Morgan fingerprint density at radius 1 is 1.36 bits per heavy atom. The van der Waals surface area contributed by atoms with Crippen LogP contribution in [0.4, 0.5) is 0 Å². The van der Waals surface area contributed by atoms with Gasteiger partial charge in [0.2, 0.25) is 10.0 Å². The van der Waals surface area contributed by atoms with E-state index in [1.807, 2.05) is 14.0 Å². The molecule has 136 valence electrons. The van der Waals surface area contributed by atoms with E-state index in [2.05, 4.69) is 15.5 Å². The molecule has 1 aliphatic heterocycles. The maximum Gasteiger partial charge on any atom is 0.257 e. The lowest BCUT2D eigenvalue weighted by molar-refractivity contribution is 0.418. The van der Waals surface area contributed by atoms with E-state index in [1.54, 1.807) is 12.1 Å². The van der Waals surface area contributed by atoms with Crippen molar-refractivity contribution < 1.29 is 12.9 Å². The smallest absolute Gasteiger partial charge is 0.257 e. The van der Waals surface area contributed by atoms with E-state index >= 15 is 0 Å². The molecule has 1 fully saturated rings. The number of rotatable bonds is 6. The fraction of sp³-hybridized carbons (Fsp3) is 0.500. The van der Waals surface area contributed by atoms with E-state index < -0.39 is 10.0 Å². The van der Waals surface area contributed by atoms with Crippen molar-refractivity contribution in [1.82, 2.24) is 19.8 Å². The number of nitrogens with one attached hydrogen (secondary N) is 1. The average Bonchev–Trinajstić information content (AvgIpc) is 3.27. The highest BCUT2D eigenvalue weighted by Crippen LogP contribution is 2.31. The molecule has 1 N–H and O–H groups in total. The van der Waals surface area contributed by atoms with Crippen LogP contribution in [0.15, 0.2) is 27.6 Å². The van der Waals surface area contributed by atoms with Gasteiger partial charge in [-0.1, -0.05) is 16.8 Å². The Morgan fingerprint density at radius 3 is 2.76 bits per heavy atom. The third-order valence-electron chi connectivity index (χ3n) is 4.31. The van der Waals surface area contributed by atoms with Crippen molar-refractivity contribution in [2.24, 2.45) is 0 Å². The van der Waals surface area contributed by atoms with Crippen molar-refractivity contribution in [1.29, 1.82) is 0 Å². The van der Waals surface area contributed by atoms with Crippen LogP contribution in [-0.2, 0) is 16.4 Å². The van der Waals surface area contributed by atoms with Crippen LogP contribution in [0.25, 0.3) is 11.5 Å². The van der Waals surface area contributed by atoms with E-state index in [0.717, 1.165) is 12.8 Å². The maximum atomic E-state index is 12.8. The van der Waals surface area contributed by atoms with E-state index in [1.165, 1.54) is 10.4 Å². The van der Waals surface area contributed by atoms with E-state index in [-0.39, 0.29) is 21.9 Å². The zero-order valence-corrected chi connectivity index (χ0v) is 15.8. The van der Waals surface area contributed by atoms with Crippen LogP contribution >= 0.6 is 11.6 Å². The highest BCUT2D eigenvalue weighted by atomic mass is 35.5. The summed E-state index contributed by atoms with van der Waals surface area (Å²) in [6.45, 7) is 3.06. The Kier molecular flexibility index (Phi) is 5.43. The monoisotopic (exact) mass is 384 g/mol. The molecule has 0 aliphatic carbocycles. The Labute approximate surface area is 152 Å². The molecule has 1 unspecified atom stereocenters. The van der Waals surface area contributed by atoms with Crippen molar-refractivity contribution in [2.45, 2.75) is 37.1 Å². The van der Waals surface area contributed by atoms with E-state index in [9.17, 15) is 8.42 Å². The molecule has 3 rings (SSSR count). The summed E-state index contributed by atoms with van der Waals surface area (Å²) in [5, 5.41) is 7.25. The van der Waals surface area contributed by atoms with Gasteiger partial charge in [0.05, 0.1) is 5.02 Å². The number of halogens is 1. The Morgan fingerprint density at radius 2 is 2.08 bits per heavy atom. The molecule has 1 aromatic carbocycles. The van der Waals surface area contributed by atoms with E-state index in [0.29, 0.717) is 30.9 Å². The number of aromatic nitrogens is 2. The van der Waals surface area contributed by atoms with Crippen LogP contribution in [0.1, 0.15) is 25.6 Å². The van der Waals surface area contributed by atoms with Crippen LogP contribution in [0.3, 0.4) is 0 Å². The van der Waals surface area contributed by atoms with Gasteiger partial charge >= 0.3 is 0 Å². The molecule has 7 nitrogen and oxygen atoms in total. The Hall–Kier alpha value is -1.48. The van der Waals surface area contributed by atoms with Crippen LogP contribution in [0.2, 0.25) is 5.02 Å². The molecule has 25 heavy (non-hydrogen) atoms. The molecule has 1 saturated heterocycles. The standard InChI is InChI=1S/C16H21ClN4O3S/c1-11(18-2)9-15-19-16(24-20-15)12-5-6-13(17)14(10-12)25(22,23)21-7-3-4-8-21/h5-6,10-11,18H,3-4,7-9H2,1-2H3. The third-order valence-corrected chi connectivity index (χ3v) is 6.69. The number of benzene rings is 1. The summed E-state index contributed by atoms with van der Waals surface area (Å²) >= 11 is 6.16. The average molecular weight is 385 g/mol. The van der Waals surface area contributed by atoms with Crippen molar-refractivity contribution in [2.75, 3.05) is 20.1 Å². The molecular formula is C16H21ClN4O3S. The fourth-order valence-electron chi connectivity index (χ4n) is 2.73. The summed E-state index contributed by atoms with van der Waals surface area (Å²) in [5.41, 5.74) is 0.540. The molecule has 1 atom stereocenters. The summed E-state index contributed by atoms with van der Waals surface area (Å²) in [6, 6.07) is 4.96. The largest absolute Gasteiger partial charge is 0.334 e. The first-order chi connectivity index (χ1) is 11.9. The minimum absolute atomic E-state index is 0.0805. The van der Waals surface area contributed by atoms with Gasteiger partial charge in [-0.3, -0.25) is 0 Å². The van der Waals surface area contributed by atoms with E-state index in [4.69, 9.17) is 16.1 Å². The van der Waals surface area contributed by atoms with Gasteiger partial charge in [-0.15, -0.1) is 0 Å². The normalized spacial score (nSPS) is 17.1. The maximum absolute atomic E-state index is 12.8. The molecule has 0 saturated carbocycles. The van der Waals surface area contributed by atoms with Crippen LogP contribution in [0, 0.1) is 0 Å². The van der Waals surface area contributed by atoms with Gasteiger partial charge in [-0.05, 0) is 45.0 Å². The van der Waals surface area contributed by atoms with Crippen LogP contribution in [0.5, 0.6) is 0 Å².